The van der Waals surface area contributed by atoms with Crippen LogP contribution < -0.4 is 4.74 Å². The van der Waals surface area contributed by atoms with E-state index < -0.39 is 5.60 Å². The molecule has 1 fully saturated rings. The highest BCUT2D eigenvalue weighted by Gasteiger charge is 2.30. The van der Waals surface area contributed by atoms with Crippen LogP contribution in [0.5, 0.6) is 5.75 Å². The molecule has 1 saturated heterocycles. The third kappa shape index (κ3) is 4.58. The van der Waals surface area contributed by atoms with Gasteiger partial charge in [0, 0.05) is 21.7 Å². The summed E-state index contributed by atoms with van der Waals surface area (Å²) in [7, 11) is 0.322. The molecule has 5 rings (SSSR count). The third-order valence-electron chi connectivity index (χ3n) is 6.35. The van der Waals surface area contributed by atoms with Gasteiger partial charge >= 0.3 is 5.97 Å². The maximum Gasteiger partial charge on any atom is 0.345 e. The van der Waals surface area contributed by atoms with E-state index in [1.807, 2.05) is 44.2 Å². The molecule has 0 amide bonds. The first kappa shape index (κ1) is 21.8. The predicted molar refractivity (Wildman–Crippen MR) is 137 cm³/mol. The molecule has 4 aromatic carbocycles. The highest BCUT2D eigenvalue weighted by molar-refractivity contribution is 7.97. The van der Waals surface area contributed by atoms with Crippen LogP contribution in [0, 0.1) is 0 Å². The number of fused-ring (bicyclic) bond motifs is 2. The van der Waals surface area contributed by atoms with E-state index in [9.17, 15) is 4.79 Å². The van der Waals surface area contributed by atoms with Crippen LogP contribution in [0.15, 0.2) is 83.8 Å². The molecule has 33 heavy (non-hydrogen) atoms. The molecule has 0 spiro atoms. The second-order valence-electron chi connectivity index (χ2n) is 9.05. The van der Waals surface area contributed by atoms with E-state index in [1.165, 1.54) is 40.0 Å². The number of hydrogen-bond donors (Lipinski definition) is 0. The van der Waals surface area contributed by atoms with Crippen molar-refractivity contribution in [2.45, 2.75) is 37.2 Å². The minimum absolute atomic E-state index is 0.119. The van der Waals surface area contributed by atoms with Gasteiger partial charge in [0.05, 0.1) is 0 Å². The van der Waals surface area contributed by atoms with Crippen molar-refractivity contribution in [3.05, 3.63) is 84.4 Å². The number of carbonyl (C=O) groups excluding carboxylic acids is 1. The number of carbonyl (C=O) groups is 1. The van der Waals surface area contributed by atoms with Crippen molar-refractivity contribution >= 4 is 38.4 Å². The molecular formula is C29H29O3S+. The van der Waals surface area contributed by atoms with Gasteiger partial charge in [-0.3, -0.25) is 0 Å². The fourth-order valence-electron chi connectivity index (χ4n) is 4.57. The van der Waals surface area contributed by atoms with Gasteiger partial charge in [-0.25, -0.2) is 4.79 Å². The Bertz CT molecular complexity index is 1300. The van der Waals surface area contributed by atoms with Crippen LogP contribution in [0.3, 0.4) is 0 Å². The molecule has 168 valence electrons. The lowest BCUT2D eigenvalue weighted by Crippen LogP contribution is -2.28. The van der Waals surface area contributed by atoms with E-state index in [4.69, 9.17) is 9.47 Å². The monoisotopic (exact) mass is 457 g/mol. The van der Waals surface area contributed by atoms with Crippen molar-refractivity contribution in [1.29, 1.82) is 0 Å². The molecule has 0 unspecified atom stereocenters. The molecule has 0 atom stereocenters. The van der Waals surface area contributed by atoms with E-state index in [0.717, 1.165) is 22.1 Å². The Hall–Kier alpha value is -2.98. The Morgan fingerprint density at radius 3 is 2.33 bits per heavy atom. The fourth-order valence-corrected chi connectivity index (χ4v) is 7.07. The zero-order valence-electron chi connectivity index (χ0n) is 19.2. The first-order valence-corrected chi connectivity index (χ1v) is 13.1. The van der Waals surface area contributed by atoms with E-state index in [2.05, 4.69) is 48.5 Å². The molecule has 1 aliphatic heterocycles. The second-order valence-corrected chi connectivity index (χ2v) is 11.3. The van der Waals surface area contributed by atoms with Gasteiger partial charge in [-0.05, 0) is 67.3 Å². The van der Waals surface area contributed by atoms with Crippen LogP contribution in [0.1, 0.15) is 32.3 Å². The van der Waals surface area contributed by atoms with Gasteiger partial charge in [0.2, 0.25) is 0 Å². The molecule has 1 aliphatic rings. The molecule has 0 aliphatic carbocycles. The summed E-state index contributed by atoms with van der Waals surface area (Å²) in [6.07, 6.45) is 2.63. The van der Waals surface area contributed by atoms with Crippen LogP contribution >= 0.6 is 0 Å². The van der Waals surface area contributed by atoms with Crippen LogP contribution in [0.4, 0.5) is 0 Å². The van der Waals surface area contributed by atoms with Crippen molar-refractivity contribution in [3.63, 3.8) is 0 Å². The highest BCUT2D eigenvalue weighted by atomic mass is 32.2. The SMILES string of the molecule is CC(C)(OC(=O)COc1ccc([S+]2CCCC2)c2ccccc12)c1ccc2ccccc2c1. The molecule has 4 aromatic rings. The van der Waals surface area contributed by atoms with Crippen LogP contribution in [0.25, 0.3) is 21.5 Å². The summed E-state index contributed by atoms with van der Waals surface area (Å²) in [5, 5.41) is 4.60. The van der Waals surface area contributed by atoms with Gasteiger partial charge < -0.3 is 9.47 Å². The van der Waals surface area contributed by atoms with Crippen molar-refractivity contribution in [3.8, 4) is 5.75 Å². The van der Waals surface area contributed by atoms with Crippen molar-refractivity contribution in [2.75, 3.05) is 18.1 Å². The Morgan fingerprint density at radius 1 is 0.848 bits per heavy atom. The third-order valence-corrected chi connectivity index (χ3v) is 8.89. The van der Waals surface area contributed by atoms with Gasteiger partial charge in [-0.1, -0.05) is 54.6 Å². The maximum absolute atomic E-state index is 12.7. The summed E-state index contributed by atoms with van der Waals surface area (Å²) >= 11 is 0. The number of benzene rings is 4. The largest absolute Gasteiger partial charge is 0.481 e. The zero-order valence-corrected chi connectivity index (χ0v) is 20.0. The lowest BCUT2D eigenvalue weighted by molar-refractivity contribution is -0.159. The molecule has 0 N–H and O–H groups in total. The van der Waals surface area contributed by atoms with Gasteiger partial charge in [0.25, 0.3) is 0 Å². The average Bonchev–Trinajstić information content (AvgIpc) is 3.36. The van der Waals surface area contributed by atoms with E-state index >= 15 is 0 Å². The Morgan fingerprint density at radius 2 is 1.55 bits per heavy atom. The van der Waals surface area contributed by atoms with E-state index in [1.54, 1.807) is 0 Å². The van der Waals surface area contributed by atoms with Crippen molar-refractivity contribution in [2.24, 2.45) is 0 Å². The molecule has 0 saturated carbocycles. The van der Waals surface area contributed by atoms with Crippen LogP contribution in [-0.2, 0) is 26.0 Å². The topological polar surface area (TPSA) is 35.5 Å². The summed E-state index contributed by atoms with van der Waals surface area (Å²) < 4.78 is 11.8. The maximum atomic E-state index is 12.7. The second kappa shape index (κ2) is 9.11. The number of ether oxygens (including phenoxy) is 2. The first-order chi connectivity index (χ1) is 16.0. The predicted octanol–water partition coefficient (Wildman–Crippen LogP) is 6.62. The summed E-state index contributed by atoms with van der Waals surface area (Å²) in [5.41, 5.74) is 0.210. The van der Waals surface area contributed by atoms with Gasteiger partial charge in [0.1, 0.15) is 22.9 Å². The number of rotatable bonds is 6. The molecule has 1 heterocycles. The summed E-state index contributed by atoms with van der Waals surface area (Å²) in [4.78, 5) is 14.2. The number of hydrogen-bond acceptors (Lipinski definition) is 3. The molecular weight excluding hydrogens is 428 g/mol. The van der Waals surface area contributed by atoms with Crippen molar-refractivity contribution < 1.29 is 14.3 Å². The number of esters is 1. The Balaban J connectivity index is 1.31. The Labute approximate surface area is 198 Å². The van der Waals surface area contributed by atoms with E-state index in [0.29, 0.717) is 10.9 Å². The first-order valence-electron chi connectivity index (χ1n) is 11.5. The summed E-state index contributed by atoms with van der Waals surface area (Å²) in [6, 6.07) is 26.9. The lowest BCUT2D eigenvalue weighted by Gasteiger charge is -2.26. The molecule has 0 bridgehead atoms. The minimum Gasteiger partial charge on any atom is -0.481 e. The average molecular weight is 458 g/mol. The molecule has 0 radical (unpaired) electrons. The van der Waals surface area contributed by atoms with Gasteiger partial charge in [-0.15, -0.1) is 0 Å². The van der Waals surface area contributed by atoms with Crippen molar-refractivity contribution in [1.82, 2.24) is 0 Å². The van der Waals surface area contributed by atoms with Gasteiger partial charge in [0.15, 0.2) is 11.5 Å². The highest BCUT2D eigenvalue weighted by Crippen LogP contribution is 2.35. The van der Waals surface area contributed by atoms with Crippen LogP contribution in [0.2, 0.25) is 0 Å². The van der Waals surface area contributed by atoms with E-state index in [-0.39, 0.29) is 12.6 Å². The quantitative estimate of drug-likeness (QED) is 0.241. The molecule has 3 nitrogen and oxygen atoms in total. The Kier molecular flexibility index (Phi) is 6.03. The molecule has 4 heteroatoms. The standard InChI is InChI=1S/C29H29O3S/c1-29(2,23-14-13-21-9-3-4-10-22(21)19-23)32-28(30)20-31-26-15-16-27(33-17-7-8-18-33)25-12-6-5-11-24(25)26/h3-6,9-16,19H,7-8,17-18,20H2,1-2H3/q+1. The van der Waals surface area contributed by atoms with Gasteiger partial charge in [-0.2, -0.15) is 0 Å². The zero-order chi connectivity index (χ0) is 22.8. The minimum atomic E-state index is -0.750. The van der Waals surface area contributed by atoms with Crippen LogP contribution in [-0.4, -0.2) is 24.1 Å². The normalized spacial score (nSPS) is 14.6. The smallest absolute Gasteiger partial charge is 0.345 e. The fraction of sp³-hybridized carbons (Fsp3) is 0.276. The lowest BCUT2D eigenvalue weighted by atomic mass is 9.95. The molecule has 0 aromatic heterocycles. The summed E-state index contributed by atoms with van der Waals surface area (Å²) in [5.74, 6) is 2.91. The summed E-state index contributed by atoms with van der Waals surface area (Å²) in [6.45, 7) is 3.72.